The van der Waals surface area contributed by atoms with Gasteiger partial charge in [-0.1, -0.05) is 29.3 Å². The molecule has 0 saturated heterocycles. The molecule has 4 heteroatoms. The molecule has 0 spiro atoms. The molecule has 0 unspecified atom stereocenters. The Morgan fingerprint density at radius 3 is 2.44 bits per heavy atom. The van der Waals surface area contributed by atoms with E-state index in [0.29, 0.717) is 6.54 Å². The summed E-state index contributed by atoms with van der Waals surface area (Å²) in [7, 11) is 0. The molecule has 0 bridgehead atoms. The van der Waals surface area contributed by atoms with Crippen molar-refractivity contribution in [3.63, 3.8) is 0 Å². The number of rotatable bonds is 5. The molecule has 1 aromatic carbocycles. The first-order chi connectivity index (χ1) is 8.51. The maximum atomic E-state index is 11.4. The van der Waals surface area contributed by atoms with Crippen molar-refractivity contribution in [1.29, 1.82) is 0 Å². The summed E-state index contributed by atoms with van der Waals surface area (Å²) in [6, 6.07) is 5.94. The third-order valence-electron chi connectivity index (χ3n) is 2.63. The topological polar surface area (TPSA) is 61.4 Å². The molecule has 3 N–H and O–H groups in total. The summed E-state index contributed by atoms with van der Waals surface area (Å²) in [6.45, 7) is 6.43. The van der Waals surface area contributed by atoms with Crippen LogP contribution < -0.4 is 10.6 Å². The minimum Gasteiger partial charge on any atom is -0.394 e. The van der Waals surface area contributed by atoms with Crippen LogP contribution in [0.4, 0.5) is 4.79 Å². The first-order valence-corrected chi connectivity index (χ1v) is 6.23. The van der Waals surface area contributed by atoms with Crippen LogP contribution in [0.15, 0.2) is 18.2 Å². The molecule has 0 heterocycles. The van der Waals surface area contributed by atoms with E-state index in [9.17, 15) is 4.79 Å². The van der Waals surface area contributed by atoms with Crippen LogP contribution in [0.1, 0.15) is 23.6 Å². The average molecular weight is 250 g/mol. The molecule has 0 aliphatic rings. The van der Waals surface area contributed by atoms with E-state index in [4.69, 9.17) is 5.11 Å². The van der Waals surface area contributed by atoms with Crippen LogP contribution in [-0.4, -0.2) is 30.3 Å². The van der Waals surface area contributed by atoms with E-state index in [0.717, 1.165) is 6.42 Å². The maximum absolute atomic E-state index is 11.4. The van der Waals surface area contributed by atoms with Crippen molar-refractivity contribution in [2.75, 3.05) is 13.2 Å². The fraction of sp³-hybridized carbons (Fsp3) is 0.500. The van der Waals surface area contributed by atoms with Gasteiger partial charge in [0.2, 0.25) is 0 Å². The lowest BCUT2D eigenvalue weighted by Gasteiger charge is -2.12. The summed E-state index contributed by atoms with van der Waals surface area (Å²) in [5.41, 5.74) is 3.70. The van der Waals surface area contributed by atoms with E-state index >= 15 is 0 Å². The predicted molar refractivity (Wildman–Crippen MR) is 72.7 cm³/mol. The van der Waals surface area contributed by atoms with Crippen LogP contribution in [0.25, 0.3) is 0 Å². The van der Waals surface area contributed by atoms with Crippen molar-refractivity contribution in [2.24, 2.45) is 0 Å². The van der Waals surface area contributed by atoms with Gasteiger partial charge in [-0.3, -0.25) is 0 Å². The van der Waals surface area contributed by atoms with Gasteiger partial charge in [0.25, 0.3) is 0 Å². The second-order valence-electron chi connectivity index (χ2n) is 4.73. The van der Waals surface area contributed by atoms with Crippen molar-refractivity contribution in [2.45, 2.75) is 33.2 Å². The van der Waals surface area contributed by atoms with Gasteiger partial charge in [0.1, 0.15) is 0 Å². The highest BCUT2D eigenvalue weighted by Gasteiger charge is 2.04. The quantitative estimate of drug-likeness (QED) is 0.742. The van der Waals surface area contributed by atoms with Crippen LogP contribution in [0.5, 0.6) is 0 Å². The molecule has 0 aromatic heterocycles. The van der Waals surface area contributed by atoms with Gasteiger partial charge in [0.05, 0.1) is 12.6 Å². The van der Waals surface area contributed by atoms with Gasteiger partial charge >= 0.3 is 6.03 Å². The van der Waals surface area contributed by atoms with Crippen molar-refractivity contribution in [3.8, 4) is 0 Å². The lowest BCUT2D eigenvalue weighted by atomic mass is 10.1. The van der Waals surface area contributed by atoms with E-state index in [2.05, 4.69) is 42.7 Å². The zero-order chi connectivity index (χ0) is 13.5. The Morgan fingerprint density at radius 1 is 1.28 bits per heavy atom. The van der Waals surface area contributed by atoms with E-state index in [1.54, 1.807) is 6.92 Å². The molecule has 2 amide bonds. The molecular weight excluding hydrogens is 228 g/mol. The molecule has 4 nitrogen and oxygen atoms in total. The molecule has 1 atom stereocenters. The van der Waals surface area contributed by atoms with Crippen molar-refractivity contribution < 1.29 is 9.90 Å². The Labute approximate surface area is 108 Å². The van der Waals surface area contributed by atoms with Crippen LogP contribution >= 0.6 is 0 Å². The van der Waals surface area contributed by atoms with Crippen molar-refractivity contribution >= 4 is 6.03 Å². The molecule has 0 fully saturated rings. The van der Waals surface area contributed by atoms with Crippen LogP contribution in [-0.2, 0) is 6.42 Å². The van der Waals surface area contributed by atoms with E-state index in [-0.39, 0.29) is 18.7 Å². The van der Waals surface area contributed by atoms with Crippen LogP contribution in [0.3, 0.4) is 0 Å². The molecular formula is C14H22N2O2. The lowest BCUT2D eigenvalue weighted by Crippen LogP contribution is -2.42. The van der Waals surface area contributed by atoms with Crippen LogP contribution in [0, 0.1) is 13.8 Å². The van der Waals surface area contributed by atoms with Gasteiger partial charge in [-0.05, 0) is 32.8 Å². The monoisotopic (exact) mass is 250 g/mol. The van der Waals surface area contributed by atoms with Gasteiger partial charge < -0.3 is 15.7 Å². The fourth-order valence-electron chi connectivity index (χ4n) is 1.85. The van der Waals surface area contributed by atoms with Crippen molar-refractivity contribution in [3.05, 3.63) is 34.9 Å². The molecule has 0 radical (unpaired) electrons. The lowest BCUT2D eigenvalue weighted by molar-refractivity contribution is 0.220. The van der Waals surface area contributed by atoms with Crippen molar-refractivity contribution in [1.82, 2.24) is 10.6 Å². The number of hydrogen-bond acceptors (Lipinski definition) is 2. The van der Waals surface area contributed by atoms with Crippen LogP contribution in [0.2, 0.25) is 0 Å². The highest BCUT2D eigenvalue weighted by molar-refractivity contribution is 5.74. The van der Waals surface area contributed by atoms with Gasteiger partial charge in [-0.25, -0.2) is 4.79 Å². The first-order valence-electron chi connectivity index (χ1n) is 6.23. The Balaban J connectivity index is 2.35. The molecule has 1 rings (SSSR count). The number of aliphatic hydroxyl groups excluding tert-OH is 1. The Bertz CT molecular complexity index is 385. The fourth-order valence-corrected chi connectivity index (χ4v) is 1.85. The summed E-state index contributed by atoms with van der Waals surface area (Å²) in [4.78, 5) is 11.4. The summed E-state index contributed by atoms with van der Waals surface area (Å²) in [6.07, 6.45) is 0.809. The highest BCUT2D eigenvalue weighted by atomic mass is 16.3. The van der Waals surface area contributed by atoms with Gasteiger partial charge in [0.15, 0.2) is 0 Å². The third kappa shape index (κ3) is 5.19. The second-order valence-corrected chi connectivity index (χ2v) is 4.73. The number of hydrogen-bond donors (Lipinski definition) is 3. The van der Waals surface area contributed by atoms with Gasteiger partial charge in [-0.15, -0.1) is 0 Å². The van der Waals surface area contributed by atoms with E-state index in [1.165, 1.54) is 16.7 Å². The molecule has 18 heavy (non-hydrogen) atoms. The molecule has 0 saturated carbocycles. The normalized spacial score (nSPS) is 12.0. The standard InChI is InChI=1S/C14H22N2O2/c1-10-6-11(2)8-13(7-10)4-5-15-14(18)16-12(3)9-17/h6-8,12,17H,4-5,9H2,1-3H3,(H2,15,16,18)/t12-/m0/s1. The number of amides is 2. The van der Waals surface area contributed by atoms with E-state index in [1.807, 2.05) is 0 Å². The summed E-state index contributed by atoms with van der Waals surface area (Å²) < 4.78 is 0. The molecule has 100 valence electrons. The average Bonchev–Trinajstić information content (AvgIpc) is 2.27. The second kappa shape index (κ2) is 7.01. The van der Waals surface area contributed by atoms with Gasteiger partial charge in [0, 0.05) is 6.54 Å². The summed E-state index contributed by atoms with van der Waals surface area (Å²) in [5, 5.41) is 14.2. The highest BCUT2D eigenvalue weighted by Crippen LogP contribution is 2.08. The first kappa shape index (κ1) is 14.5. The smallest absolute Gasteiger partial charge is 0.315 e. The Morgan fingerprint density at radius 2 is 1.89 bits per heavy atom. The number of aliphatic hydroxyl groups is 1. The van der Waals surface area contributed by atoms with E-state index < -0.39 is 0 Å². The Kier molecular flexibility index (Phi) is 5.65. The largest absolute Gasteiger partial charge is 0.394 e. The number of aryl methyl sites for hydroxylation is 2. The molecule has 1 aromatic rings. The third-order valence-corrected chi connectivity index (χ3v) is 2.63. The Hall–Kier alpha value is -1.55. The minimum absolute atomic E-state index is 0.0511. The maximum Gasteiger partial charge on any atom is 0.315 e. The molecule has 0 aliphatic heterocycles. The number of carbonyl (C=O) groups is 1. The predicted octanol–water partition coefficient (Wildman–Crippen LogP) is 1.53. The van der Waals surface area contributed by atoms with Gasteiger partial charge in [-0.2, -0.15) is 0 Å². The number of carbonyl (C=O) groups excluding carboxylic acids is 1. The number of nitrogens with one attached hydrogen (secondary N) is 2. The zero-order valence-corrected chi connectivity index (χ0v) is 11.3. The SMILES string of the molecule is Cc1cc(C)cc(CCNC(=O)N[C@@H](C)CO)c1. The summed E-state index contributed by atoms with van der Waals surface area (Å²) in [5.74, 6) is 0. The number of urea groups is 1. The minimum atomic E-state index is -0.235. The zero-order valence-electron chi connectivity index (χ0n) is 11.3. The molecule has 0 aliphatic carbocycles. The summed E-state index contributed by atoms with van der Waals surface area (Å²) >= 11 is 0. The number of benzene rings is 1.